The van der Waals surface area contributed by atoms with Crippen LogP contribution in [0.3, 0.4) is 0 Å². The molecule has 0 saturated heterocycles. The highest BCUT2D eigenvalue weighted by Gasteiger charge is 2.42. The van der Waals surface area contributed by atoms with Crippen molar-refractivity contribution in [3.05, 3.63) is 65.2 Å². The summed E-state index contributed by atoms with van der Waals surface area (Å²) in [6.07, 6.45) is 0. The van der Waals surface area contributed by atoms with Gasteiger partial charge in [-0.25, -0.2) is 0 Å². The number of carbonyl (C=O) groups excluding carboxylic acids is 2. The number of methoxy groups -OCH3 is 1. The average Bonchev–Trinajstić information content (AvgIpc) is 2.84. The summed E-state index contributed by atoms with van der Waals surface area (Å²) in [7, 11) is 5.12. The number of benzene rings is 2. The molecule has 1 aliphatic rings. The van der Waals surface area contributed by atoms with Gasteiger partial charge in [-0.2, -0.15) is 5.10 Å². The zero-order valence-corrected chi connectivity index (χ0v) is 13.8. The fourth-order valence-electron chi connectivity index (χ4n) is 2.85. The first kappa shape index (κ1) is 15.9. The summed E-state index contributed by atoms with van der Waals surface area (Å²) < 4.78 is 5.16. The second-order valence-corrected chi connectivity index (χ2v) is 5.77. The number of ether oxygens (including phenoxy) is 1. The molecule has 0 N–H and O–H groups in total. The molecule has 0 bridgehead atoms. The van der Waals surface area contributed by atoms with Gasteiger partial charge < -0.3 is 9.75 Å². The lowest BCUT2D eigenvalue weighted by molar-refractivity contribution is 0.0883. The van der Waals surface area contributed by atoms with Gasteiger partial charge in [-0.15, -0.1) is 0 Å². The predicted octanol–water partition coefficient (Wildman–Crippen LogP) is 2.66. The first-order valence-electron chi connectivity index (χ1n) is 7.60. The van der Waals surface area contributed by atoms with E-state index in [1.165, 1.54) is 0 Å². The number of hydrogen-bond donors (Lipinski definition) is 0. The van der Waals surface area contributed by atoms with Crippen LogP contribution in [0.1, 0.15) is 26.3 Å². The van der Waals surface area contributed by atoms with E-state index in [2.05, 4.69) is 5.10 Å². The normalized spacial score (nSPS) is 14.7. The highest BCUT2D eigenvalue weighted by Crippen LogP contribution is 2.30. The first-order valence-corrected chi connectivity index (χ1v) is 7.60. The Bertz CT molecular complexity index is 788. The van der Waals surface area contributed by atoms with Gasteiger partial charge in [0.1, 0.15) is 11.7 Å². The van der Waals surface area contributed by atoms with Crippen molar-refractivity contribution < 1.29 is 14.3 Å². The van der Waals surface area contributed by atoms with Gasteiger partial charge in [-0.1, -0.05) is 24.3 Å². The van der Waals surface area contributed by atoms with Crippen molar-refractivity contribution in [1.29, 1.82) is 0 Å². The molecule has 2 aromatic carbocycles. The van der Waals surface area contributed by atoms with Crippen LogP contribution in [0, 0.1) is 5.92 Å². The Hall–Kier alpha value is -2.95. The maximum absolute atomic E-state index is 12.8. The summed E-state index contributed by atoms with van der Waals surface area (Å²) in [5, 5.41) is 6.04. The van der Waals surface area contributed by atoms with E-state index in [0.717, 1.165) is 5.56 Å². The van der Waals surface area contributed by atoms with Gasteiger partial charge >= 0.3 is 0 Å². The molecule has 0 radical (unpaired) electrons. The second-order valence-electron chi connectivity index (χ2n) is 5.77. The van der Waals surface area contributed by atoms with Gasteiger partial charge in [0, 0.05) is 25.2 Å². The SMILES string of the molecule is COc1ccc(/C(=N/N(C)C)C2C(=O)c3ccccc3C2=O)cc1. The summed E-state index contributed by atoms with van der Waals surface area (Å²) >= 11 is 0. The number of hydrazone groups is 1. The molecule has 1 aliphatic carbocycles. The Morgan fingerprint density at radius 3 is 1.96 bits per heavy atom. The second kappa shape index (κ2) is 6.28. The van der Waals surface area contributed by atoms with Crippen LogP contribution in [0.2, 0.25) is 0 Å². The Labute approximate surface area is 140 Å². The van der Waals surface area contributed by atoms with Crippen molar-refractivity contribution >= 4 is 17.3 Å². The van der Waals surface area contributed by atoms with E-state index in [0.29, 0.717) is 22.6 Å². The molecule has 122 valence electrons. The lowest BCUT2D eigenvalue weighted by atomic mass is 9.92. The van der Waals surface area contributed by atoms with Crippen LogP contribution < -0.4 is 4.74 Å². The summed E-state index contributed by atoms with van der Waals surface area (Å²) in [6, 6.07) is 14.1. The lowest BCUT2D eigenvalue weighted by Gasteiger charge is -2.15. The third-order valence-electron chi connectivity index (χ3n) is 3.95. The lowest BCUT2D eigenvalue weighted by Crippen LogP contribution is -2.28. The number of hydrogen-bond acceptors (Lipinski definition) is 5. The Morgan fingerprint density at radius 1 is 0.958 bits per heavy atom. The Kier molecular flexibility index (Phi) is 4.16. The molecular formula is C19H18N2O3. The van der Waals surface area contributed by atoms with E-state index >= 15 is 0 Å². The number of rotatable bonds is 4. The molecule has 5 nitrogen and oxygen atoms in total. The standard InChI is InChI=1S/C19H18N2O3/c1-21(2)20-17(12-8-10-13(24-3)11-9-12)16-18(22)14-6-4-5-7-15(14)19(16)23/h4-11,16H,1-3H3/b20-17-. The molecule has 0 unspecified atom stereocenters. The highest BCUT2D eigenvalue weighted by atomic mass is 16.5. The largest absolute Gasteiger partial charge is 0.497 e. The molecule has 24 heavy (non-hydrogen) atoms. The van der Waals surface area contributed by atoms with Crippen LogP contribution in [0.4, 0.5) is 0 Å². The number of fused-ring (bicyclic) bond motifs is 1. The van der Waals surface area contributed by atoms with Gasteiger partial charge in [0.25, 0.3) is 0 Å². The smallest absolute Gasteiger partial charge is 0.180 e. The van der Waals surface area contributed by atoms with Crippen LogP contribution in [-0.4, -0.2) is 43.5 Å². The van der Waals surface area contributed by atoms with Gasteiger partial charge in [-0.3, -0.25) is 9.59 Å². The van der Waals surface area contributed by atoms with Crippen LogP contribution in [0.5, 0.6) is 5.75 Å². The maximum atomic E-state index is 12.8. The number of carbonyl (C=O) groups is 2. The van der Waals surface area contributed by atoms with E-state index in [4.69, 9.17) is 4.74 Å². The summed E-state index contributed by atoms with van der Waals surface area (Å²) in [6.45, 7) is 0. The van der Waals surface area contributed by atoms with E-state index in [9.17, 15) is 9.59 Å². The Balaban J connectivity index is 2.08. The third-order valence-corrected chi connectivity index (χ3v) is 3.95. The van der Waals surface area contributed by atoms with Crippen LogP contribution in [-0.2, 0) is 0 Å². The van der Waals surface area contributed by atoms with Crippen LogP contribution >= 0.6 is 0 Å². The molecule has 0 saturated carbocycles. The van der Waals surface area contributed by atoms with Gasteiger partial charge in [-0.05, 0) is 29.8 Å². The number of Topliss-reactive ketones (excluding diaryl/α,β-unsaturated/α-hetero) is 2. The zero-order valence-electron chi connectivity index (χ0n) is 13.8. The number of ketones is 2. The minimum absolute atomic E-state index is 0.202. The van der Waals surface area contributed by atoms with Gasteiger partial charge in [0.05, 0.1) is 12.8 Å². The summed E-state index contributed by atoms with van der Waals surface area (Å²) in [5.74, 6) is -0.604. The molecule has 0 heterocycles. The fourth-order valence-corrected chi connectivity index (χ4v) is 2.85. The minimum Gasteiger partial charge on any atom is -0.497 e. The van der Waals surface area contributed by atoms with Crippen LogP contribution in [0.15, 0.2) is 53.6 Å². The molecule has 3 rings (SSSR count). The van der Waals surface area contributed by atoms with E-state index < -0.39 is 5.92 Å². The van der Waals surface area contributed by atoms with Crippen molar-refractivity contribution in [2.45, 2.75) is 0 Å². The van der Waals surface area contributed by atoms with Crippen molar-refractivity contribution in [3.63, 3.8) is 0 Å². The summed E-state index contributed by atoms with van der Waals surface area (Å²) in [4.78, 5) is 25.6. The molecule has 2 aromatic rings. The minimum atomic E-state index is -0.904. The fraction of sp³-hybridized carbons (Fsp3) is 0.211. The van der Waals surface area contributed by atoms with Gasteiger partial charge in [0.2, 0.25) is 0 Å². The molecule has 0 aliphatic heterocycles. The van der Waals surface area contributed by atoms with Crippen molar-refractivity contribution in [2.24, 2.45) is 11.0 Å². The maximum Gasteiger partial charge on any atom is 0.180 e. The van der Waals surface area contributed by atoms with Crippen LogP contribution in [0.25, 0.3) is 0 Å². The molecular weight excluding hydrogens is 304 g/mol. The van der Waals surface area contributed by atoms with Crippen molar-refractivity contribution in [2.75, 3.05) is 21.2 Å². The monoisotopic (exact) mass is 322 g/mol. The summed E-state index contributed by atoms with van der Waals surface area (Å²) in [5.41, 5.74) is 2.11. The quantitative estimate of drug-likeness (QED) is 0.493. The zero-order chi connectivity index (χ0) is 17.3. The molecule has 0 spiro atoms. The first-order chi connectivity index (χ1) is 11.5. The van der Waals surface area contributed by atoms with E-state index in [-0.39, 0.29) is 11.6 Å². The van der Waals surface area contributed by atoms with E-state index in [1.54, 1.807) is 62.6 Å². The predicted molar refractivity (Wildman–Crippen MR) is 91.8 cm³/mol. The molecule has 0 aromatic heterocycles. The highest BCUT2D eigenvalue weighted by molar-refractivity contribution is 6.38. The molecule has 0 amide bonds. The third kappa shape index (κ3) is 2.69. The molecule has 0 atom stereocenters. The van der Waals surface area contributed by atoms with Crippen molar-refractivity contribution in [1.82, 2.24) is 5.01 Å². The number of nitrogens with zero attached hydrogens (tertiary/aromatic N) is 2. The van der Waals surface area contributed by atoms with E-state index in [1.807, 2.05) is 12.1 Å². The average molecular weight is 322 g/mol. The van der Waals surface area contributed by atoms with Crippen molar-refractivity contribution in [3.8, 4) is 5.75 Å². The molecule has 0 fully saturated rings. The van der Waals surface area contributed by atoms with Gasteiger partial charge in [0.15, 0.2) is 11.6 Å². The molecule has 5 heteroatoms. The topological polar surface area (TPSA) is 59.0 Å². The Morgan fingerprint density at radius 2 is 1.50 bits per heavy atom.